The lowest BCUT2D eigenvalue weighted by atomic mass is 10.2. The molecule has 0 saturated heterocycles. The van der Waals surface area contributed by atoms with Gasteiger partial charge in [0.15, 0.2) is 11.5 Å². The van der Waals surface area contributed by atoms with Gasteiger partial charge in [0, 0.05) is 11.7 Å². The Hall–Kier alpha value is -2.58. The van der Waals surface area contributed by atoms with Gasteiger partial charge in [-0.3, -0.25) is 4.79 Å². The topological polar surface area (TPSA) is 93.7 Å². The third kappa shape index (κ3) is 4.14. The molecule has 26 heavy (non-hydrogen) atoms. The fourth-order valence-corrected chi connectivity index (χ4v) is 3.72. The summed E-state index contributed by atoms with van der Waals surface area (Å²) in [6.45, 7) is 3.60. The van der Waals surface area contributed by atoms with Gasteiger partial charge < -0.3 is 14.8 Å². The first-order valence-corrected chi connectivity index (χ1v) is 9.65. The normalized spacial score (nSPS) is 16.3. The van der Waals surface area contributed by atoms with Gasteiger partial charge in [-0.1, -0.05) is 12.1 Å². The predicted molar refractivity (Wildman–Crippen MR) is 96.9 cm³/mol. The molecule has 0 fully saturated rings. The minimum absolute atomic E-state index is 0.105. The number of carbonyl (C=O) groups is 1. The minimum atomic E-state index is -3.57. The fourth-order valence-electron chi connectivity index (χ4n) is 2.47. The van der Waals surface area contributed by atoms with Gasteiger partial charge in [-0.15, -0.1) is 0 Å². The Bertz CT molecular complexity index is 894. The van der Waals surface area contributed by atoms with E-state index in [1.54, 1.807) is 32.0 Å². The highest BCUT2D eigenvalue weighted by atomic mass is 32.2. The summed E-state index contributed by atoms with van der Waals surface area (Å²) in [5.74, 6) is 0.749. The highest BCUT2D eigenvalue weighted by Gasteiger charge is 2.27. The zero-order valence-electron chi connectivity index (χ0n) is 14.4. The zero-order valence-corrected chi connectivity index (χ0v) is 15.2. The summed E-state index contributed by atoms with van der Waals surface area (Å²) in [6, 6.07) is 12.9. The van der Waals surface area contributed by atoms with E-state index in [2.05, 4.69) is 10.0 Å². The second kappa shape index (κ2) is 7.35. The second-order valence-electron chi connectivity index (χ2n) is 6.15. The number of fused-ring (bicyclic) bond motifs is 1. The Kier molecular flexibility index (Phi) is 5.15. The van der Waals surface area contributed by atoms with Crippen LogP contribution in [0.15, 0.2) is 53.4 Å². The molecule has 0 spiro atoms. The fraction of sp³-hybridized carbons (Fsp3) is 0.278. The van der Waals surface area contributed by atoms with Gasteiger partial charge in [0.05, 0.1) is 4.90 Å². The van der Waals surface area contributed by atoms with Crippen molar-refractivity contribution in [2.45, 2.75) is 30.9 Å². The van der Waals surface area contributed by atoms with Crippen molar-refractivity contribution in [2.24, 2.45) is 0 Å². The maximum atomic E-state index is 12.4. The molecule has 7 nitrogen and oxygen atoms in total. The van der Waals surface area contributed by atoms with Crippen LogP contribution in [0.1, 0.15) is 13.8 Å². The van der Waals surface area contributed by atoms with Crippen LogP contribution in [0.2, 0.25) is 0 Å². The first-order chi connectivity index (χ1) is 12.3. The molecule has 1 amide bonds. The predicted octanol–water partition coefficient (Wildman–Crippen LogP) is 2.15. The lowest BCUT2D eigenvalue weighted by molar-refractivity contribution is -0.125. The zero-order chi connectivity index (χ0) is 18.7. The van der Waals surface area contributed by atoms with Crippen LogP contribution in [0.3, 0.4) is 0 Å². The summed E-state index contributed by atoms with van der Waals surface area (Å²) >= 11 is 0. The number of rotatable bonds is 5. The van der Waals surface area contributed by atoms with E-state index in [-0.39, 0.29) is 23.5 Å². The van der Waals surface area contributed by atoms with Crippen LogP contribution in [-0.4, -0.2) is 33.1 Å². The first kappa shape index (κ1) is 18.2. The second-order valence-corrected chi connectivity index (χ2v) is 7.87. The van der Waals surface area contributed by atoms with E-state index in [9.17, 15) is 13.2 Å². The van der Waals surface area contributed by atoms with Crippen molar-refractivity contribution in [1.82, 2.24) is 4.72 Å². The van der Waals surface area contributed by atoms with Crippen LogP contribution < -0.4 is 19.5 Å². The van der Waals surface area contributed by atoms with E-state index in [1.165, 1.54) is 24.3 Å². The first-order valence-electron chi connectivity index (χ1n) is 8.17. The summed E-state index contributed by atoms with van der Waals surface area (Å²) in [5, 5.41) is 2.70. The third-order valence-corrected chi connectivity index (χ3v) is 5.30. The Morgan fingerprint density at radius 1 is 1.08 bits per heavy atom. The molecule has 2 N–H and O–H groups in total. The molecule has 1 aliphatic rings. The van der Waals surface area contributed by atoms with E-state index in [1.807, 2.05) is 6.07 Å². The molecule has 0 radical (unpaired) electrons. The average molecular weight is 376 g/mol. The molecule has 3 rings (SSSR count). The lowest BCUT2D eigenvalue weighted by Crippen LogP contribution is -2.40. The van der Waals surface area contributed by atoms with Gasteiger partial charge in [0.2, 0.25) is 16.1 Å². The lowest BCUT2D eigenvalue weighted by Gasteiger charge is -2.25. The summed E-state index contributed by atoms with van der Waals surface area (Å²) in [6.07, 6.45) is -0.782. The molecule has 0 aromatic heterocycles. The average Bonchev–Trinajstić information content (AvgIpc) is 2.60. The molecule has 2 aromatic carbocycles. The Balaban J connectivity index is 1.65. The largest absolute Gasteiger partial charge is 0.485 e. The van der Waals surface area contributed by atoms with Crippen LogP contribution in [0.5, 0.6) is 11.5 Å². The van der Waals surface area contributed by atoms with E-state index in [4.69, 9.17) is 9.47 Å². The number of carbonyl (C=O) groups excluding carboxylic acids is 1. The third-order valence-electron chi connectivity index (χ3n) is 3.62. The van der Waals surface area contributed by atoms with Gasteiger partial charge in [0.25, 0.3) is 5.91 Å². The van der Waals surface area contributed by atoms with Crippen molar-refractivity contribution < 1.29 is 22.7 Å². The van der Waals surface area contributed by atoms with Crippen LogP contribution in [-0.2, 0) is 14.8 Å². The van der Waals surface area contributed by atoms with Crippen molar-refractivity contribution in [3.63, 3.8) is 0 Å². The number of para-hydroxylation sites is 2. The number of anilines is 1. The summed E-state index contributed by atoms with van der Waals surface area (Å²) < 4.78 is 37.9. The number of nitrogens with one attached hydrogen (secondary N) is 2. The van der Waals surface area contributed by atoms with Crippen molar-refractivity contribution in [3.8, 4) is 11.5 Å². The molecule has 1 heterocycles. The molecule has 0 bridgehead atoms. The van der Waals surface area contributed by atoms with Crippen molar-refractivity contribution >= 4 is 21.6 Å². The molecule has 8 heteroatoms. The summed E-state index contributed by atoms with van der Waals surface area (Å²) in [7, 11) is -3.57. The van der Waals surface area contributed by atoms with E-state index in [0.717, 1.165) is 0 Å². The van der Waals surface area contributed by atoms with Crippen LogP contribution in [0.4, 0.5) is 5.69 Å². The smallest absolute Gasteiger partial charge is 0.269 e. The Morgan fingerprint density at radius 3 is 2.38 bits per heavy atom. The minimum Gasteiger partial charge on any atom is -0.485 e. The number of hydrogen-bond donors (Lipinski definition) is 2. The molecule has 1 aliphatic heterocycles. The highest BCUT2D eigenvalue weighted by Crippen LogP contribution is 2.31. The molecular weight excluding hydrogens is 356 g/mol. The van der Waals surface area contributed by atoms with Crippen LogP contribution >= 0.6 is 0 Å². The summed E-state index contributed by atoms with van der Waals surface area (Å²) in [4.78, 5) is 12.5. The van der Waals surface area contributed by atoms with Crippen molar-refractivity contribution in [1.29, 1.82) is 0 Å². The number of hydrogen-bond acceptors (Lipinski definition) is 5. The van der Waals surface area contributed by atoms with E-state index in [0.29, 0.717) is 17.2 Å². The maximum Gasteiger partial charge on any atom is 0.269 e. The number of amides is 1. The van der Waals surface area contributed by atoms with Crippen LogP contribution in [0.25, 0.3) is 0 Å². The number of ether oxygens (including phenoxy) is 2. The van der Waals surface area contributed by atoms with Gasteiger partial charge in [-0.2, -0.15) is 0 Å². The number of sulfonamides is 1. The van der Waals surface area contributed by atoms with Gasteiger partial charge in [-0.25, -0.2) is 13.1 Å². The molecule has 2 aromatic rings. The number of benzene rings is 2. The quantitative estimate of drug-likeness (QED) is 0.834. The Morgan fingerprint density at radius 2 is 1.73 bits per heavy atom. The molecular formula is C18H20N2O5S. The van der Waals surface area contributed by atoms with Crippen LogP contribution in [0, 0.1) is 0 Å². The van der Waals surface area contributed by atoms with Crippen molar-refractivity contribution in [3.05, 3.63) is 48.5 Å². The molecule has 138 valence electrons. The SMILES string of the molecule is CC(C)NS(=O)(=O)c1ccc(NC(=O)[C@@H]2COc3ccccc3O2)cc1. The molecule has 1 atom stereocenters. The standard InChI is InChI=1S/C18H20N2O5S/c1-12(2)20-26(22,23)14-9-7-13(8-10-14)19-18(21)17-11-24-15-5-3-4-6-16(15)25-17/h3-10,12,17,20H,11H2,1-2H3,(H,19,21)/t17-/m0/s1. The maximum absolute atomic E-state index is 12.4. The van der Waals surface area contributed by atoms with Gasteiger partial charge >= 0.3 is 0 Å². The Labute approximate surface area is 152 Å². The van der Waals surface area contributed by atoms with Gasteiger partial charge in [0.1, 0.15) is 6.61 Å². The molecule has 0 saturated carbocycles. The highest BCUT2D eigenvalue weighted by molar-refractivity contribution is 7.89. The van der Waals surface area contributed by atoms with Gasteiger partial charge in [-0.05, 0) is 50.2 Å². The molecule has 0 unspecified atom stereocenters. The van der Waals surface area contributed by atoms with E-state index >= 15 is 0 Å². The monoisotopic (exact) mass is 376 g/mol. The summed E-state index contributed by atoms with van der Waals surface area (Å²) in [5.41, 5.74) is 0.473. The molecule has 0 aliphatic carbocycles. The van der Waals surface area contributed by atoms with Crippen molar-refractivity contribution in [2.75, 3.05) is 11.9 Å². The van der Waals surface area contributed by atoms with E-state index < -0.39 is 16.1 Å².